The lowest BCUT2D eigenvalue weighted by Crippen LogP contribution is -2.50. The van der Waals surface area contributed by atoms with Crippen LogP contribution >= 0.6 is 0 Å². The first-order valence-corrected chi connectivity index (χ1v) is 8.64. The average Bonchev–Trinajstić information content (AvgIpc) is 3.10. The molecule has 0 radical (unpaired) electrons. The molecule has 1 N–H and O–H groups in total. The Bertz CT molecular complexity index is 415. The number of piperidine rings is 1. The molecule has 118 valence electrons. The monoisotopic (exact) mass is 292 g/mol. The number of carbonyl (C=O) groups is 2. The van der Waals surface area contributed by atoms with Crippen LogP contribution in [0.5, 0.6) is 0 Å². The number of rotatable bonds is 2. The molecule has 2 aliphatic carbocycles. The second-order valence-corrected chi connectivity index (χ2v) is 7.58. The second-order valence-electron chi connectivity index (χ2n) is 7.58. The van der Waals surface area contributed by atoms with E-state index in [1.165, 1.54) is 25.7 Å². The van der Waals surface area contributed by atoms with Crippen molar-refractivity contribution in [1.29, 1.82) is 0 Å². The maximum absolute atomic E-state index is 12.2. The van der Waals surface area contributed by atoms with Gasteiger partial charge in [-0.25, -0.2) is 0 Å². The molecule has 3 rings (SSSR count). The highest BCUT2D eigenvalue weighted by Gasteiger charge is 2.42. The van der Waals surface area contributed by atoms with Crippen LogP contribution in [0, 0.1) is 23.7 Å². The summed E-state index contributed by atoms with van der Waals surface area (Å²) in [4.78, 5) is 26.1. The molecule has 4 unspecified atom stereocenters. The first-order valence-electron chi connectivity index (χ1n) is 8.64. The highest BCUT2D eigenvalue weighted by molar-refractivity contribution is 6.35. The molecule has 4 nitrogen and oxygen atoms in total. The number of nitrogens with one attached hydrogen (secondary N) is 1. The lowest BCUT2D eigenvalue weighted by molar-refractivity contribution is -0.147. The van der Waals surface area contributed by atoms with E-state index in [0.717, 1.165) is 37.8 Å². The summed E-state index contributed by atoms with van der Waals surface area (Å²) in [6, 6.07) is 0.139. The molecule has 0 spiro atoms. The van der Waals surface area contributed by atoms with Gasteiger partial charge in [0.25, 0.3) is 0 Å². The highest BCUT2D eigenvalue weighted by Crippen LogP contribution is 2.49. The number of carbonyl (C=O) groups excluding carboxylic acids is 2. The minimum Gasteiger partial charge on any atom is -0.345 e. The molecule has 1 heterocycles. The number of fused-ring (bicyclic) bond motifs is 2. The summed E-state index contributed by atoms with van der Waals surface area (Å²) in [5.41, 5.74) is 0. The van der Waals surface area contributed by atoms with Crippen LogP contribution in [0.25, 0.3) is 0 Å². The molecule has 3 aliphatic rings. The predicted octanol–water partition coefficient (Wildman–Crippen LogP) is 2.19. The predicted molar refractivity (Wildman–Crippen MR) is 81.5 cm³/mol. The van der Waals surface area contributed by atoms with Crippen LogP contribution in [0.4, 0.5) is 0 Å². The van der Waals surface area contributed by atoms with Gasteiger partial charge in [-0.1, -0.05) is 13.3 Å². The van der Waals surface area contributed by atoms with Crippen molar-refractivity contribution < 1.29 is 9.59 Å². The first-order chi connectivity index (χ1) is 10.0. The van der Waals surface area contributed by atoms with E-state index in [1.807, 2.05) is 0 Å². The largest absolute Gasteiger partial charge is 0.345 e. The van der Waals surface area contributed by atoms with Gasteiger partial charge < -0.3 is 10.2 Å². The Labute approximate surface area is 127 Å². The third-order valence-electron chi connectivity index (χ3n) is 6.06. The standard InChI is InChI=1S/C17H28N2O2/c1-11-5-7-19(8-6-11)17(21)16(20)18-12(2)15-10-13-3-4-14(15)9-13/h11-15H,3-10H2,1-2H3,(H,18,20). The van der Waals surface area contributed by atoms with Crippen LogP contribution < -0.4 is 5.32 Å². The van der Waals surface area contributed by atoms with Gasteiger partial charge in [-0.15, -0.1) is 0 Å². The maximum Gasteiger partial charge on any atom is 0.311 e. The van der Waals surface area contributed by atoms with Gasteiger partial charge in [0.15, 0.2) is 0 Å². The van der Waals surface area contributed by atoms with Crippen LogP contribution in [0.3, 0.4) is 0 Å². The molecular weight excluding hydrogens is 264 g/mol. The second kappa shape index (κ2) is 5.98. The molecule has 21 heavy (non-hydrogen) atoms. The SMILES string of the molecule is CC1CCN(C(=O)C(=O)NC(C)C2CC3CCC2C3)CC1. The molecule has 0 aromatic heterocycles. The fourth-order valence-corrected chi connectivity index (χ4v) is 4.64. The Morgan fingerprint density at radius 1 is 1.10 bits per heavy atom. The van der Waals surface area contributed by atoms with Gasteiger partial charge in [-0.3, -0.25) is 9.59 Å². The van der Waals surface area contributed by atoms with Gasteiger partial charge >= 0.3 is 11.8 Å². The van der Waals surface area contributed by atoms with Crippen molar-refractivity contribution in [1.82, 2.24) is 10.2 Å². The van der Waals surface area contributed by atoms with E-state index in [1.54, 1.807) is 4.90 Å². The van der Waals surface area contributed by atoms with E-state index in [0.29, 0.717) is 11.8 Å². The van der Waals surface area contributed by atoms with Crippen molar-refractivity contribution in [3.63, 3.8) is 0 Å². The van der Waals surface area contributed by atoms with E-state index in [4.69, 9.17) is 0 Å². The van der Waals surface area contributed by atoms with E-state index in [9.17, 15) is 9.59 Å². The molecule has 4 heteroatoms. The zero-order chi connectivity index (χ0) is 15.0. The molecule has 2 bridgehead atoms. The van der Waals surface area contributed by atoms with Crippen LogP contribution in [-0.4, -0.2) is 35.8 Å². The minimum atomic E-state index is -0.389. The lowest BCUT2D eigenvalue weighted by atomic mass is 9.84. The van der Waals surface area contributed by atoms with E-state index >= 15 is 0 Å². The fraction of sp³-hybridized carbons (Fsp3) is 0.882. The average molecular weight is 292 g/mol. The Kier molecular flexibility index (Phi) is 4.23. The van der Waals surface area contributed by atoms with Crippen molar-refractivity contribution in [2.45, 2.75) is 58.4 Å². The summed E-state index contributed by atoms with van der Waals surface area (Å²) in [6.45, 7) is 5.75. The van der Waals surface area contributed by atoms with Crippen molar-refractivity contribution in [3.8, 4) is 0 Å². The van der Waals surface area contributed by atoms with Crippen LogP contribution in [-0.2, 0) is 9.59 Å². The van der Waals surface area contributed by atoms with Gasteiger partial charge in [0.05, 0.1) is 0 Å². The Morgan fingerprint density at radius 3 is 2.38 bits per heavy atom. The first kappa shape index (κ1) is 14.9. The van der Waals surface area contributed by atoms with Gasteiger partial charge in [-0.2, -0.15) is 0 Å². The maximum atomic E-state index is 12.2. The lowest BCUT2D eigenvalue weighted by Gasteiger charge is -2.31. The van der Waals surface area contributed by atoms with E-state index in [-0.39, 0.29) is 17.9 Å². The molecule has 1 aliphatic heterocycles. The zero-order valence-corrected chi connectivity index (χ0v) is 13.3. The van der Waals surface area contributed by atoms with Crippen LogP contribution in [0.2, 0.25) is 0 Å². The third-order valence-corrected chi connectivity index (χ3v) is 6.06. The number of hydrogen-bond donors (Lipinski definition) is 1. The van der Waals surface area contributed by atoms with Gasteiger partial charge in [0, 0.05) is 19.1 Å². The zero-order valence-electron chi connectivity index (χ0n) is 13.3. The van der Waals surface area contributed by atoms with E-state index < -0.39 is 0 Å². The summed E-state index contributed by atoms with van der Waals surface area (Å²) in [6.07, 6.45) is 7.28. The summed E-state index contributed by atoms with van der Waals surface area (Å²) < 4.78 is 0. The van der Waals surface area contributed by atoms with Crippen molar-refractivity contribution >= 4 is 11.8 Å². The quantitative estimate of drug-likeness (QED) is 0.793. The van der Waals surface area contributed by atoms with Crippen molar-refractivity contribution in [2.75, 3.05) is 13.1 Å². The van der Waals surface area contributed by atoms with Gasteiger partial charge in [-0.05, 0) is 62.7 Å². The molecule has 3 fully saturated rings. The normalized spacial score (nSPS) is 34.0. The topological polar surface area (TPSA) is 49.4 Å². The third kappa shape index (κ3) is 3.09. The van der Waals surface area contributed by atoms with E-state index in [2.05, 4.69) is 19.2 Å². The number of nitrogens with zero attached hydrogens (tertiary/aromatic N) is 1. The van der Waals surface area contributed by atoms with Gasteiger partial charge in [0.2, 0.25) is 0 Å². The Balaban J connectivity index is 1.50. The number of likely N-dealkylation sites (tertiary alicyclic amines) is 1. The molecule has 2 saturated carbocycles. The summed E-state index contributed by atoms with van der Waals surface area (Å²) in [7, 11) is 0. The number of hydrogen-bond acceptors (Lipinski definition) is 2. The van der Waals surface area contributed by atoms with Crippen molar-refractivity contribution in [3.05, 3.63) is 0 Å². The molecule has 1 saturated heterocycles. The Hall–Kier alpha value is -1.06. The fourth-order valence-electron chi connectivity index (χ4n) is 4.64. The van der Waals surface area contributed by atoms with Crippen LogP contribution in [0.1, 0.15) is 52.4 Å². The summed E-state index contributed by atoms with van der Waals surface area (Å²) >= 11 is 0. The molecule has 0 aromatic rings. The molecular formula is C17H28N2O2. The minimum absolute atomic E-state index is 0.139. The highest BCUT2D eigenvalue weighted by atomic mass is 16.2. The molecule has 4 atom stereocenters. The van der Waals surface area contributed by atoms with Gasteiger partial charge in [0.1, 0.15) is 0 Å². The smallest absolute Gasteiger partial charge is 0.311 e. The van der Waals surface area contributed by atoms with Crippen LogP contribution in [0.15, 0.2) is 0 Å². The summed E-state index contributed by atoms with van der Waals surface area (Å²) in [5, 5.41) is 2.98. The molecule has 2 amide bonds. The summed E-state index contributed by atoms with van der Waals surface area (Å²) in [5.74, 6) is 2.19. The number of amides is 2. The van der Waals surface area contributed by atoms with Crippen molar-refractivity contribution in [2.24, 2.45) is 23.7 Å². The Morgan fingerprint density at radius 2 is 1.81 bits per heavy atom. The molecule has 0 aromatic carbocycles.